The zero-order valence-electron chi connectivity index (χ0n) is 14.1. The zero-order valence-corrected chi connectivity index (χ0v) is 15.7. The lowest BCUT2D eigenvalue weighted by Crippen LogP contribution is -2.49. The maximum absolute atomic E-state index is 12.3. The van der Waals surface area contributed by atoms with Gasteiger partial charge in [-0.1, -0.05) is 11.8 Å². The summed E-state index contributed by atoms with van der Waals surface area (Å²) < 4.78 is 5.90. The first kappa shape index (κ1) is 17.4. The van der Waals surface area contributed by atoms with E-state index >= 15 is 0 Å². The van der Waals surface area contributed by atoms with Gasteiger partial charge in [0.05, 0.1) is 12.7 Å². The molecule has 2 aliphatic rings. The lowest BCUT2D eigenvalue weighted by Gasteiger charge is -2.44. The molecule has 26 heavy (non-hydrogen) atoms. The standard InChI is InChI=1S/C16H18N6O2S2/c1-9-4-10-5-26-15(17)22-16(10,7-24-9)14-21-12(6-25-14)20-13(23)11-2-3-18-8-19-11/h2-3,6,8-10H,4-5,7H2,1H3,(H2,17,22)(H,20,23). The Hall–Kier alpha value is -2.04. The molecule has 2 aromatic heterocycles. The van der Waals surface area contributed by atoms with Crippen LogP contribution in [0.1, 0.15) is 28.8 Å². The summed E-state index contributed by atoms with van der Waals surface area (Å²) in [6.07, 6.45) is 3.96. The van der Waals surface area contributed by atoms with Crippen LogP contribution in [-0.2, 0) is 10.3 Å². The lowest BCUT2D eigenvalue weighted by atomic mass is 9.80. The van der Waals surface area contributed by atoms with Crippen molar-refractivity contribution < 1.29 is 9.53 Å². The Morgan fingerprint density at radius 3 is 3.19 bits per heavy atom. The average molecular weight is 390 g/mol. The molecule has 3 atom stereocenters. The van der Waals surface area contributed by atoms with Crippen molar-refractivity contribution in [3.8, 4) is 0 Å². The summed E-state index contributed by atoms with van der Waals surface area (Å²) in [7, 11) is 0. The number of nitrogens with two attached hydrogens (primary N) is 1. The van der Waals surface area contributed by atoms with E-state index in [1.807, 2.05) is 5.38 Å². The second-order valence-electron chi connectivity index (χ2n) is 6.33. The molecule has 3 N–H and O–H groups in total. The molecule has 10 heteroatoms. The van der Waals surface area contributed by atoms with E-state index in [9.17, 15) is 4.79 Å². The highest BCUT2D eigenvalue weighted by atomic mass is 32.2. The van der Waals surface area contributed by atoms with Gasteiger partial charge < -0.3 is 15.8 Å². The van der Waals surface area contributed by atoms with Gasteiger partial charge in [-0.25, -0.2) is 19.9 Å². The van der Waals surface area contributed by atoms with Crippen molar-refractivity contribution in [2.24, 2.45) is 16.6 Å². The second kappa shape index (κ2) is 6.93. The first-order valence-corrected chi connectivity index (χ1v) is 10.1. The Morgan fingerprint density at radius 2 is 2.38 bits per heavy atom. The van der Waals surface area contributed by atoms with E-state index in [0.717, 1.165) is 17.2 Å². The molecule has 0 saturated carbocycles. The molecule has 136 valence electrons. The van der Waals surface area contributed by atoms with E-state index in [-0.39, 0.29) is 17.7 Å². The Bertz CT molecular complexity index is 842. The Kier molecular flexibility index (Phi) is 4.63. The van der Waals surface area contributed by atoms with E-state index in [2.05, 4.69) is 27.2 Å². The number of nitrogens with zero attached hydrogens (tertiary/aromatic N) is 4. The van der Waals surface area contributed by atoms with Gasteiger partial charge >= 0.3 is 0 Å². The molecular weight excluding hydrogens is 372 g/mol. The van der Waals surface area contributed by atoms with Crippen molar-refractivity contribution in [1.82, 2.24) is 15.0 Å². The molecule has 4 rings (SSSR count). The maximum Gasteiger partial charge on any atom is 0.275 e. The highest BCUT2D eigenvalue weighted by Gasteiger charge is 2.49. The molecule has 0 spiro atoms. The molecule has 4 heterocycles. The van der Waals surface area contributed by atoms with Crippen molar-refractivity contribution in [3.63, 3.8) is 0 Å². The number of amidine groups is 1. The van der Waals surface area contributed by atoms with E-state index in [4.69, 9.17) is 15.5 Å². The van der Waals surface area contributed by atoms with Gasteiger partial charge in [-0.3, -0.25) is 4.79 Å². The second-order valence-corrected chi connectivity index (χ2v) is 8.22. The summed E-state index contributed by atoms with van der Waals surface area (Å²) in [5.74, 6) is 1.35. The third-order valence-electron chi connectivity index (χ3n) is 4.55. The Morgan fingerprint density at radius 1 is 1.50 bits per heavy atom. The van der Waals surface area contributed by atoms with Crippen LogP contribution in [0.4, 0.5) is 5.82 Å². The minimum atomic E-state index is -0.565. The van der Waals surface area contributed by atoms with Crippen LogP contribution in [-0.4, -0.2) is 44.5 Å². The normalized spacial score (nSPS) is 28.1. The van der Waals surface area contributed by atoms with E-state index in [0.29, 0.717) is 23.5 Å². The topological polar surface area (TPSA) is 115 Å². The third kappa shape index (κ3) is 3.19. The molecular formula is C16H18N6O2S2. The van der Waals surface area contributed by atoms with Gasteiger partial charge in [0.15, 0.2) is 5.17 Å². The minimum Gasteiger partial charge on any atom is -0.379 e. The number of rotatable bonds is 3. The SMILES string of the molecule is CC1CC2CSC(N)=NC2(c2nc(NC(=O)c3ccncn3)cs2)CO1. The quantitative estimate of drug-likeness (QED) is 0.822. The highest BCUT2D eigenvalue weighted by Crippen LogP contribution is 2.46. The maximum atomic E-state index is 12.3. The van der Waals surface area contributed by atoms with Gasteiger partial charge in [-0.2, -0.15) is 0 Å². The van der Waals surface area contributed by atoms with Crippen molar-refractivity contribution in [2.75, 3.05) is 17.7 Å². The van der Waals surface area contributed by atoms with Crippen LogP contribution in [0.25, 0.3) is 0 Å². The zero-order chi connectivity index (χ0) is 18.1. The van der Waals surface area contributed by atoms with Crippen LogP contribution in [0.3, 0.4) is 0 Å². The van der Waals surface area contributed by atoms with Crippen molar-refractivity contribution in [2.45, 2.75) is 25.0 Å². The first-order chi connectivity index (χ1) is 12.6. The van der Waals surface area contributed by atoms with Crippen LogP contribution < -0.4 is 11.1 Å². The lowest BCUT2D eigenvalue weighted by molar-refractivity contribution is -0.0466. The predicted molar refractivity (Wildman–Crippen MR) is 101 cm³/mol. The summed E-state index contributed by atoms with van der Waals surface area (Å²) >= 11 is 3.04. The molecule has 1 saturated heterocycles. The number of anilines is 1. The summed E-state index contributed by atoms with van der Waals surface area (Å²) in [5.41, 5.74) is 5.74. The van der Waals surface area contributed by atoms with Gasteiger partial charge in [0.1, 0.15) is 28.4 Å². The molecule has 1 fully saturated rings. The summed E-state index contributed by atoms with van der Waals surface area (Å²) in [4.78, 5) is 29.4. The number of carbonyl (C=O) groups excluding carboxylic acids is 1. The van der Waals surface area contributed by atoms with Gasteiger partial charge in [0.25, 0.3) is 5.91 Å². The fourth-order valence-corrected chi connectivity index (χ4v) is 5.19. The van der Waals surface area contributed by atoms with Crippen LogP contribution in [0.15, 0.2) is 29.0 Å². The van der Waals surface area contributed by atoms with Gasteiger partial charge in [0, 0.05) is 23.2 Å². The number of hydrogen-bond donors (Lipinski definition) is 2. The predicted octanol–water partition coefficient (Wildman–Crippen LogP) is 1.87. The number of thiazole rings is 1. The fourth-order valence-electron chi connectivity index (χ4n) is 3.21. The molecule has 2 aliphatic heterocycles. The summed E-state index contributed by atoms with van der Waals surface area (Å²) in [5, 5.41) is 5.96. The van der Waals surface area contributed by atoms with Crippen LogP contribution in [0.2, 0.25) is 0 Å². The number of aliphatic imine (C=N–C) groups is 1. The number of hydrogen-bond acceptors (Lipinski definition) is 9. The molecule has 0 aliphatic carbocycles. The minimum absolute atomic E-state index is 0.195. The van der Waals surface area contributed by atoms with Crippen LogP contribution >= 0.6 is 23.1 Å². The van der Waals surface area contributed by atoms with E-state index < -0.39 is 5.54 Å². The number of carbonyl (C=O) groups is 1. The van der Waals surface area contributed by atoms with Gasteiger partial charge in [-0.05, 0) is 19.4 Å². The summed E-state index contributed by atoms with van der Waals surface area (Å²) in [6, 6.07) is 1.55. The third-order valence-corrected chi connectivity index (χ3v) is 6.52. The number of thioether (sulfide) groups is 1. The Balaban J connectivity index is 1.60. The number of nitrogens with one attached hydrogen (secondary N) is 1. The van der Waals surface area contributed by atoms with E-state index in [1.165, 1.54) is 23.9 Å². The van der Waals surface area contributed by atoms with Crippen LogP contribution in [0, 0.1) is 5.92 Å². The van der Waals surface area contributed by atoms with Crippen LogP contribution in [0.5, 0.6) is 0 Å². The molecule has 0 radical (unpaired) electrons. The molecule has 8 nitrogen and oxygen atoms in total. The van der Waals surface area contributed by atoms with Gasteiger partial charge in [-0.15, -0.1) is 11.3 Å². The molecule has 0 bridgehead atoms. The fraction of sp³-hybridized carbons (Fsp3) is 0.438. The average Bonchev–Trinajstić information content (AvgIpc) is 3.12. The highest BCUT2D eigenvalue weighted by molar-refractivity contribution is 8.13. The van der Waals surface area contributed by atoms with Crippen molar-refractivity contribution >= 4 is 40.0 Å². The number of amides is 1. The number of aromatic nitrogens is 3. The first-order valence-electron chi connectivity index (χ1n) is 8.20. The van der Waals surface area contributed by atoms with Gasteiger partial charge in [0.2, 0.25) is 0 Å². The monoisotopic (exact) mass is 390 g/mol. The molecule has 1 amide bonds. The number of fused-ring (bicyclic) bond motifs is 1. The molecule has 0 aromatic carbocycles. The summed E-state index contributed by atoms with van der Waals surface area (Å²) in [6.45, 7) is 2.53. The van der Waals surface area contributed by atoms with E-state index in [1.54, 1.807) is 17.8 Å². The largest absolute Gasteiger partial charge is 0.379 e. The molecule has 2 aromatic rings. The Labute approximate surface area is 158 Å². The number of ether oxygens (including phenoxy) is 1. The molecule has 3 unspecified atom stereocenters. The van der Waals surface area contributed by atoms with Crippen molar-refractivity contribution in [3.05, 3.63) is 34.7 Å². The van der Waals surface area contributed by atoms with Crippen molar-refractivity contribution in [1.29, 1.82) is 0 Å². The smallest absolute Gasteiger partial charge is 0.275 e.